The normalized spacial score (nSPS) is 15.8. The summed E-state index contributed by atoms with van der Waals surface area (Å²) >= 11 is 1.40. The van der Waals surface area contributed by atoms with E-state index in [-0.39, 0.29) is 6.61 Å². The molecule has 2 atom stereocenters. The smallest absolute Gasteiger partial charge is 0.341 e. The van der Waals surface area contributed by atoms with E-state index in [0.29, 0.717) is 27.9 Å². The van der Waals surface area contributed by atoms with Gasteiger partial charge in [0.25, 0.3) is 5.91 Å². The average Bonchev–Trinajstić information content (AvgIpc) is 3.47. The predicted octanol–water partition coefficient (Wildman–Crippen LogP) is 4.62. The van der Waals surface area contributed by atoms with Crippen molar-refractivity contribution in [2.24, 2.45) is 5.92 Å². The number of aromatic nitrogens is 2. The van der Waals surface area contributed by atoms with Gasteiger partial charge in [0.2, 0.25) is 0 Å². The minimum atomic E-state index is -1.05. The van der Waals surface area contributed by atoms with Crippen LogP contribution in [0.3, 0.4) is 0 Å². The van der Waals surface area contributed by atoms with Crippen LogP contribution in [0.2, 0.25) is 0 Å². The number of thiophene rings is 1. The summed E-state index contributed by atoms with van der Waals surface area (Å²) in [4.78, 5) is 46.3. The first kappa shape index (κ1) is 23.7. The van der Waals surface area contributed by atoms with Crippen molar-refractivity contribution in [3.8, 4) is 11.4 Å². The van der Waals surface area contributed by atoms with E-state index >= 15 is 0 Å². The highest BCUT2D eigenvalue weighted by molar-refractivity contribution is 7.17. The van der Waals surface area contributed by atoms with Gasteiger partial charge in [-0.25, -0.2) is 14.6 Å². The minimum absolute atomic E-state index is 0.250. The monoisotopic (exact) mass is 481 g/mol. The maximum absolute atomic E-state index is 12.9. The zero-order valence-corrected chi connectivity index (χ0v) is 20.2. The van der Waals surface area contributed by atoms with Crippen LogP contribution in [0.4, 0.5) is 5.00 Å². The molecule has 34 heavy (non-hydrogen) atoms. The first-order valence-corrected chi connectivity index (χ1v) is 12.1. The Morgan fingerprint density at radius 3 is 2.68 bits per heavy atom. The third-order valence-electron chi connectivity index (χ3n) is 5.77. The minimum Gasteiger partial charge on any atom is -0.462 e. The molecule has 0 saturated carbocycles. The number of H-pyrrole nitrogens is 1. The molecule has 0 radical (unpaired) electrons. The molecule has 1 aliphatic rings. The maximum Gasteiger partial charge on any atom is 0.341 e. The Kier molecular flexibility index (Phi) is 7.12. The van der Waals surface area contributed by atoms with Gasteiger partial charge in [0.05, 0.1) is 17.7 Å². The number of aromatic amines is 1. The van der Waals surface area contributed by atoms with Crippen LogP contribution in [0.1, 0.15) is 58.3 Å². The Morgan fingerprint density at radius 1 is 1.24 bits per heavy atom. The molecule has 0 bridgehead atoms. The van der Waals surface area contributed by atoms with E-state index in [1.165, 1.54) is 18.3 Å². The number of imidazole rings is 1. The van der Waals surface area contributed by atoms with Gasteiger partial charge < -0.3 is 19.8 Å². The lowest BCUT2D eigenvalue weighted by Gasteiger charge is -2.18. The van der Waals surface area contributed by atoms with Crippen LogP contribution >= 0.6 is 11.3 Å². The quantitative estimate of drug-likeness (QED) is 0.476. The lowest BCUT2D eigenvalue weighted by molar-refractivity contribution is -0.123. The van der Waals surface area contributed by atoms with E-state index in [4.69, 9.17) is 9.47 Å². The fraction of sp³-hybridized carbons (Fsp3) is 0.360. The number of amides is 1. The second kappa shape index (κ2) is 10.2. The predicted molar refractivity (Wildman–Crippen MR) is 129 cm³/mol. The molecule has 8 nitrogen and oxygen atoms in total. The number of nitrogens with one attached hydrogen (secondary N) is 2. The highest BCUT2D eigenvalue weighted by Gasteiger charge is 2.30. The van der Waals surface area contributed by atoms with Crippen molar-refractivity contribution < 1.29 is 23.9 Å². The molecule has 0 saturated heterocycles. The largest absolute Gasteiger partial charge is 0.462 e. The summed E-state index contributed by atoms with van der Waals surface area (Å²) in [6, 6.07) is 6.75. The third kappa shape index (κ3) is 5.04. The van der Waals surface area contributed by atoms with E-state index in [1.54, 1.807) is 43.6 Å². The topological polar surface area (TPSA) is 110 Å². The van der Waals surface area contributed by atoms with Crippen LogP contribution in [-0.2, 0) is 27.1 Å². The van der Waals surface area contributed by atoms with Gasteiger partial charge in [-0.15, -0.1) is 11.3 Å². The van der Waals surface area contributed by atoms with E-state index < -0.39 is 23.9 Å². The fourth-order valence-corrected chi connectivity index (χ4v) is 5.34. The summed E-state index contributed by atoms with van der Waals surface area (Å²) < 4.78 is 10.6. The van der Waals surface area contributed by atoms with E-state index in [9.17, 15) is 14.4 Å². The van der Waals surface area contributed by atoms with Crippen molar-refractivity contribution in [3.63, 3.8) is 0 Å². The van der Waals surface area contributed by atoms with Gasteiger partial charge in [-0.1, -0.05) is 19.1 Å². The summed E-state index contributed by atoms with van der Waals surface area (Å²) in [5.74, 6) is -0.343. The Labute approximate surface area is 201 Å². The first-order chi connectivity index (χ1) is 16.4. The van der Waals surface area contributed by atoms with E-state index in [2.05, 4.69) is 22.2 Å². The molecule has 1 amide bonds. The number of carbonyl (C=O) groups is 3. The van der Waals surface area contributed by atoms with Crippen molar-refractivity contribution in [3.05, 3.63) is 58.2 Å². The lowest BCUT2D eigenvalue weighted by Crippen LogP contribution is -2.30. The van der Waals surface area contributed by atoms with Crippen LogP contribution < -0.4 is 5.32 Å². The zero-order chi connectivity index (χ0) is 24.2. The molecule has 1 aliphatic carbocycles. The number of fused-ring (bicyclic) bond motifs is 1. The molecule has 9 heteroatoms. The van der Waals surface area contributed by atoms with Gasteiger partial charge in [0.1, 0.15) is 10.8 Å². The number of esters is 2. The van der Waals surface area contributed by atoms with Gasteiger partial charge in [0.15, 0.2) is 6.10 Å². The molecular weight excluding hydrogens is 454 g/mol. The number of carbonyl (C=O) groups excluding carboxylic acids is 3. The van der Waals surface area contributed by atoms with Gasteiger partial charge in [-0.05, 0) is 56.7 Å². The third-order valence-corrected chi connectivity index (χ3v) is 6.94. The molecule has 1 aromatic carbocycles. The molecule has 0 fully saturated rings. The number of anilines is 1. The van der Waals surface area contributed by atoms with Gasteiger partial charge >= 0.3 is 11.9 Å². The lowest BCUT2D eigenvalue weighted by atomic mass is 9.88. The van der Waals surface area contributed by atoms with Crippen molar-refractivity contribution in [1.29, 1.82) is 0 Å². The molecule has 2 unspecified atom stereocenters. The molecule has 0 spiro atoms. The Balaban J connectivity index is 1.45. The van der Waals surface area contributed by atoms with Crippen LogP contribution in [0.25, 0.3) is 11.4 Å². The van der Waals surface area contributed by atoms with Crippen LogP contribution in [0, 0.1) is 5.92 Å². The van der Waals surface area contributed by atoms with E-state index in [1.807, 2.05) is 0 Å². The highest BCUT2D eigenvalue weighted by Crippen LogP contribution is 2.40. The maximum atomic E-state index is 12.9. The summed E-state index contributed by atoms with van der Waals surface area (Å²) in [6.45, 7) is 5.68. The molecule has 2 N–H and O–H groups in total. The van der Waals surface area contributed by atoms with Crippen LogP contribution in [-0.4, -0.2) is 40.5 Å². The summed E-state index contributed by atoms with van der Waals surface area (Å²) in [5.41, 5.74) is 2.53. The Morgan fingerprint density at radius 2 is 2.00 bits per heavy atom. The number of ether oxygens (including phenoxy) is 2. The molecule has 2 aromatic heterocycles. The average molecular weight is 482 g/mol. The molecule has 3 aromatic rings. The van der Waals surface area contributed by atoms with Gasteiger partial charge in [-0.3, -0.25) is 4.79 Å². The van der Waals surface area contributed by atoms with Crippen molar-refractivity contribution in [2.75, 3.05) is 11.9 Å². The molecule has 0 aliphatic heterocycles. The number of rotatable bonds is 7. The molecular formula is C25H27N3O5S. The van der Waals surface area contributed by atoms with Crippen LogP contribution in [0.15, 0.2) is 36.7 Å². The van der Waals surface area contributed by atoms with Crippen molar-refractivity contribution in [2.45, 2.75) is 46.1 Å². The Hall–Kier alpha value is -3.46. The summed E-state index contributed by atoms with van der Waals surface area (Å²) in [7, 11) is 0. The number of hydrogen-bond donors (Lipinski definition) is 2. The Bertz CT molecular complexity index is 1180. The fourth-order valence-electron chi connectivity index (χ4n) is 3.94. The standard InChI is InChI=1S/C25H27N3O5S/c1-4-32-25(31)20-18-10-5-14(2)13-19(18)34-23(20)28-22(29)15(3)33-24(30)17-8-6-16(7-9-17)21-26-11-12-27-21/h6-9,11-12,14-15H,4-5,10,13H2,1-3H3,(H,26,27)(H,28,29). The molecule has 178 valence electrons. The van der Waals surface area contributed by atoms with E-state index in [0.717, 1.165) is 35.3 Å². The van der Waals surface area contributed by atoms with Gasteiger partial charge in [-0.2, -0.15) is 0 Å². The summed E-state index contributed by atoms with van der Waals surface area (Å²) in [5, 5.41) is 3.25. The number of hydrogen-bond acceptors (Lipinski definition) is 7. The van der Waals surface area contributed by atoms with Crippen molar-refractivity contribution >= 4 is 34.2 Å². The molecule has 4 rings (SSSR count). The van der Waals surface area contributed by atoms with Crippen LogP contribution in [0.5, 0.6) is 0 Å². The number of nitrogens with zero attached hydrogens (tertiary/aromatic N) is 1. The summed E-state index contributed by atoms with van der Waals surface area (Å²) in [6.07, 6.45) is 4.93. The van der Waals surface area contributed by atoms with Gasteiger partial charge in [0, 0.05) is 22.8 Å². The highest BCUT2D eigenvalue weighted by atomic mass is 32.1. The van der Waals surface area contributed by atoms with Crippen molar-refractivity contribution in [1.82, 2.24) is 9.97 Å². The second-order valence-corrected chi connectivity index (χ2v) is 9.43. The SMILES string of the molecule is CCOC(=O)c1c(NC(=O)C(C)OC(=O)c2ccc(-c3ncc[nH]3)cc2)sc2c1CCC(C)C2. The second-order valence-electron chi connectivity index (χ2n) is 8.33. The zero-order valence-electron chi connectivity index (χ0n) is 19.3. The first-order valence-electron chi connectivity index (χ1n) is 11.3. The molecule has 2 heterocycles. The number of benzene rings is 1.